The maximum Gasteiger partial charge on any atom is 0.275 e. The van der Waals surface area contributed by atoms with Gasteiger partial charge in [0, 0.05) is 13.3 Å². The highest BCUT2D eigenvalue weighted by atomic mass is 19.3. The molecule has 0 rings (SSSR count). The Bertz CT molecular complexity index is 132. The molecule has 1 unspecified atom stereocenters. The summed E-state index contributed by atoms with van der Waals surface area (Å²) in [5.74, 6) is -5.99. The van der Waals surface area contributed by atoms with Crippen LogP contribution in [0, 0.1) is 0 Å². The van der Waals surface area contributed by atoms with Gasteiger partial charge in [-0.3, -0.25) is 4.39 Å². The predicted molar refractivity (Wildman–Crippen MR) is 42.4 cm³/mol. The van der Waals surface area contributed by atoms with Crippen LogP contribution in [0.15, 0.2) is 0 Å². The number of hydrogen-bond donors (Lipinski definition) is 0. The Hall–Kier alpha value is -0.420. The molecule has 0 N–H and O–H groups in total. The van der Waals surface area contributed by atoms with Gasteiger partial charge in [0.2, 0.25) is 5.92 Å². The third-order valence-electron chi connectivity index (χ3n) is 1.23. The monoisotopic (exact) mass is 224 g/mol. The molecule has 0 amide bonds. The SMILES string of the molecule is CC(F)(F)CCF.CC(F)C(C)(F)F. The van der Waals surface area contributed by atoms with E-state index in [0.29, 0.717) is 13.8 Å². The lowest BCUT2D eigenvalue weighted by molar-refractivity contribution is -0.0469. The number of halogens is 6. The highest BCUT2D eigenvalue weighted by Crippen LogP contribution is 2.18. The van der Waals surface area contributed by atoms with E-state index in [0.717, 1.165) is 6.92 Å². The molecule has 14 heavy (non-hydrogen) atoms. The first-order valence-corrected chi connectivity index (χ1v) is 3.96. The van der Waals surface area contributed by atoms with Crippen molar-refractivity contribution in [1.29, 1.82) is 0 Å². The first kappa shape index (κ1) is 16.0. The Morgan fingerprint density at radius 3 is 1.36 bits per heavy atom. The zero-order valence-electron chi connectivity index (χ0n) is 8.26. The topological polar surface area (TPSA) is 0 Å². The smallest absolute Gasteiger partial charge is 0.251 e. The summed E-state index contributed by atoms with van der Waals surface area (Å²) >= 11 is 0. The second-order valence-electron chi connectivity index (χ2n) is 3.08. The average molecular weight is 224 g/mol. The normalized spacial score (nSPS) is 14.4. The van der Waals surface area contributed by atoms with Crippen molar-refractivity contribution >= 4 is 0 Å². The van der Waals surface area contributed by atoms with E-state index >= 15 is 0 Å². The van der Waals surface area contributed by atoms with E-state index in [1.54, 1.807) is 0 Å². The van der Waals surface area contributed by atoms with Crippen molar-refractivity contribution in [1.82, 2.24) is 0 Å². The van der Waals surface area contributed by atoms with Crippen LogP contribution in [0.25, 0.3) is 0 Å². The number of hydrogen-bond acceptors (Lipinski definition) is 0. The minimum absolute atomic E-state index is 0.553. The summed E-state index contributed by atoms with van der Waals surface area (Å²) < 4.78 is 68.4. The van der Waals surface area contributed by atoms with Crippen molar-refractivity contribution in [3.63, 3.8) is 0 Å². The van der Waals surface area contributed by atoms with Gasteiger partial charge in [-0.25, -0.2) is 22.0 Å². The fraction of sp³-hybridized carbons (Fsp3) is 1.00. The Balaban J connectivity index is 0. The van der Waals surface area contributed by atoms with Gasteiger partial charge in [0.15, 0.2) is 6.17 Å². The molecule has 0 aromatic rings. The Morgan fingerprint density at radius 1 is 1.07 bits per heavy atom. The summed E-state index contributed by atoms with van der Waals surface area (Å²) in [4.78, 5) is 0. The summed E-state index contributed by atoms with van der Waals surface area (Å²) in [5, 5.41) is 0. The predicted octanol–water partition coefficient (Wildman–Crippen LogP) is 4.00. The van der Waals surface area contributed by atoms with Gasteiger partial charge in [-0.1, -0.05) is 0 Å². The van der Waals surface area contributed by atoms with Crippen LogP contribution in [0.4, 0.5) is 26.3 Å². The van der Waals surface area contributed by atoms with E-state index in [-0.39, 0.29) is 0 Å². The molecule has 0 saturated carbocycles. The van der Waals surface area contributed by atoms with E-state index in [1.807, 2.05) is 0 Å². The molecule has 1 atom stereocenters. The summed E-state index contributed by atoms with van der Waals surface area (Å²) in [7, 11) is 0. The van der Waals surface area contributed by atoms with E-state index in [4.69, 9.17) is 0 Å². The molecule has 0 saturated heterocycles. The second-order valence-corrected chi connectivity index (χ2v) is 3.08. The molecule has 0 aliphatic heterocycles. The highest BCUT2D eigenvalue weighted by molar-refractivity contribution is 4.64. The molecule has 0 heterocycles. The van der Waals surface area contributed by atoms with Crippen LogP contribution in [0.5, 0.6) is 0 Å². The van der Waals surface area contributed by atoms with Gasteiger partial charge in [0.1, 0.15) is 0 Å². The molecule has 0 aliphatic rings. The van der Waals surface area contributed by atoms with Crippen molar-refractivity contribution in [3.05, 3.63) is 0 Å². The van der Waals surface area contributed by atoms with Gasteiger partial charge in [-0.2, -0.15) is 0 Å². The van der Waals surface area contributed by atoms with Gasteiger partial charge in [0.25, 0.3) is 5.92 Å². The molecule has 0 nitrogen and oxygen atoms in total. The summed E-state index contributed by atoms with van der Waals surface area (Å²) in [6.07, 6.45) is -2.69. The van der Waals surface area contributed by atoms with Crippen molar-refractivity contribution in [2.45, 2.75) is 45.2 Å². The quantitative estimate of drug-likeness (QED) is 0.635. The summed E-state index contributed by atoms with van der Waals surface area (Å²) in [5.41, 5.74) is 0. The maximum atomic E-state index is 11.5. The highest BCUT2D eigenvalue weighted by Gasteiger charge is 2.29. The Kier molecular flexibility index (Phi) is 7.02. The molecule has 6 heteroatoms. The maximum absolute atomic E-state index is 11.5. The van der Waals surface area contributed by atoms with E-state index < -0.39 is 31.1 Å². The molecule has 0 fully saturated rings. The molecule has 0 bridgehead atoms. The summed E-state index contributed by atoms with van der Waals surface area (Å²) in [6, 6.07) is 0. The number of rotatable bonds is 3. The lowest BCUT2D eigenvalue weighted by atomic mass is 10.3. The van der Waals surface area contributed by atoms with Crippen LogP contribution in [-0.4, -0.2) is 24.7 Å². The first-order chi connectivity index (χ1) is 6.00. The van der Waals surface area contributed by atoms with E-state index in [1.165, 1.54) is 0 Å². The fourth-order valence-corrected chi connectivity index (χ4v) is 0.166. The lowest BCUT2D eigenvalue weighted by Gasteiger charge is -2.09. The number of alkyl halides is 6. The minimum atomic E-state index is -3.17. The van der Waals surface area contributed by atoms with Crippen molar-refractivity contribution in [3.8, 4) is 0 Å². The molecule has 88 valence electrons. The van der Waals surface area contributed by atoms with E-state index in [9.17, 15) is 26.3 Å². The van der Waals surface area contributed by atoms with Gasteiger partial charge in [-0.05, 0) is 13.8 Å². The Labute approximate surface area is 79.3 Å². The van der Waals surface area contributed by atoms with Gasteiger partial charge in [0.05, 0.1) is 6.67 Å². The van der Waals surface area contributed by atoms with Crippen molar-refractivity contribution in [2.75, 3.05) is 6.67 Å². The average Bonchev–Trinajstić information content (AvgIpc) is 1.82. The fourth-order valence-electron chi connectivity index (χ4n) is 0.166. The summed E-state index contributed by atoms with van der Waals surface area (Å²) in [6.45, 7) is 1.15. The van der Waals surface area contributed by atoms with Crippen LogP contribution < -0.4 is 0 Å². The lowest BCUT2D eigenvalue weighted by Crippen LogP contribution is -2.21. The van der Waals surface area contributed by atoms with Gasteiger partial charge in [-0.15, -0.1) is 0 Å². The minimum Gasteiger partial charge on any atom is -0.251 e. The molecule has 0 aliphatic carbocycles. The zero-order valence-corrected chi connectivity index (χ0v) is 8.26. The van der Waals surface area contributed by atoms with Gasteiger partial charge < -0.3 is 0 Å². The second kappa shape index (κ2) is 6.14. The van der Waals surface area contributed by atoms with Crippen LogP contribution >= 0.6 is 0 Å². The van der Waals surface area contributed by atoms with Crippen LogP contribution in [0.2, 0.25) is 0 Å². The Morgan fingerprint density at radius 2 is 1.36 bits per heavy atom. The molecule has 0 aromatic carbocycles. The molecular weight excluding hydrogens is 210 g/mol. The zero-order chi connectivity index (χ0) is 12.0. The van der Waals surface area contributed by atoms with Gasteiger partial charge >= 0.3 is 0 Å². The largest absolute Gasteiger partial charge is 0.275 e. The third-order valence-corrected chi connectivity index (χ3v) is 1.23. The molecule has 0 spiro atoms. The standard InChI is InChI=1S/2C4H7F3/c1-4(6,7)2-3-5;1-3(5)4(2,6)7/h2-3H2,1H3;3H,1-2H3. The first-order valence-electron chi connectivity index (χ1n) is 3.96. The molecule has 0 radical (unpaired) electrons. The van der Waals surface area contributed by atoms with Crippen LogP contribution in [0.1, 0.15) is 27.2 Å². The molecule has 0 aromatic heterocycles. The molecular formula is C8H14F6. The van der Waals surface area contributed by atoms with Crippen molar-refractivity contribution in [2.24, 2.45) is 0 Å². The van der Waals surface area contributed by atoms with Crippen molar-refractivity contribution < 1.29 is 26.3 Å². The van der Waals surface area contributed by atoms with Crippen LogP contribution in [0.3, 0.4) is 0 Å². The van der Waals surface area contributed by atoms with E-state index in [2.05, 4.69) is 0 Å². The third kappa shape index (κ3) is 14.1. The van der Waals surface area contributed by atoms with Crippen LogP contribution in [-0.2, 0) is 0 Å².